The third kappa shape index (κ3) is 5.33. The molecule has 146 valence electrons. The fourth-order valence-corrected chi connectivity index (χ4v) is 2.69. The highest BCUT2D eigenvalue weighted by Gasteiger charge is 2.14. The first-order valence-electron chi connectivity index (χ1n) is 8.48. The number of aromatic nitrogens is 2. The Balaban J connectivity index is 1.88. The zero-order chi connectivity index (χ0) is 20.8. The molecular weight excluding hydrogens is 388 g/mol. The molecule has 0 aliphatic heterocycles. The third-order valence-corrected chi connectivity index (χ3v) is 3.92. The lowest BCUT2D eigenvalue weighted by Gasteiger charge is -2.10. The molecule has 2 heterocycles. The molecule has 0 radical (unpaired) electrons. The van der Waals surface area contributed by atoms with Crippen LogP contribution in [0, 0.1) is 0 Å². The summed E-state index contributed by atoms with van der Waals surface area (Å²) in [6.07, 6.45) is 1.66. The van der Waals surface area contributed by atoms with E-state index in [1.54, 1.807) is 54.6 Å². The number of pyridine rings is 2. The maximum absolute atomic E-state index is 12.7. The van der Waals surface area contributed by atoms with Gasteiger partial charge in [-0.2, -0.15) is 12.6 Å². The molecule has 9 heteroatoms. The van der Waals surface area contributed by atoms with Gasteiger partial charge in [-0.3, -0.25) is 9.59 Å². The molecule has 0 saturated carbocycles. The quantitative estimate of drug-likeness (QED) is 0.413. The van der Waals surface area contributed by atoms with Crippen molar-refractivity contribution in [3.8, 4) is 0 Å². The second kappa shape index (κ2) is 8.89. The summed E-state index contributed by atoms with van der Waals surface area (Å²) >= 11 is 4.06. The molecule has 0 aliphatic rings. The minimum atomic E-state index is -0.436. The number of rotatable bonds is 5. The zero-order valence-corrected chi connectivity index (χ0v) is 16.1. The SMILES string of the molecule is Nc1cccc(NC(=O)c2cc(/C=C/S)cc(C(=O)Nc3cccc(N)n3)c2)n1. The number of nitrogen functional groups attached to an aromatic ring is 2. The van der Waals surface area contributed by atoms with Crippen LogP contribution in [0.4, 0.5) is 23.3 Å². The molecule has 3 aromatic rings. The summed E-state index contributed by atoms with van der Waals surface area (Å²) in [6, 6.07) is 14.5. The van der Waals surface area contributed by atoms with Gasteiger partial charge in [0.1, 0.15) is 23.3 Å². The molecule has 29 heavy (non-hydrogen) atoms. The maximum Gasteiger partial charge on any atom is 0.256 e. The van der Waals surface area contributed by atoms with E-state index in [1.807, 2.05) is 0 Å². The van der Waals surface area contributed by atoms with Gasteiger partial charge < -0.3 is 22.1 Å². The van der Waals surface area contributed by atoms with Gasteiger partial charge >= 0.3 is 0 Å². The predicted molar refractivity (Wildman–Crippen MR) is 118 cm³/mol. The number of amides is 2. The fraction of sp³-hybridized carbons (Fsp3) is 0. The topological polar surface area (TPSA) is 136 Å². The van der Waals surface area contributed by atoms with Gasteiger partial charge in [-0.25, -0.2) is 9.97 Å². The van der Waals surface area contributed by atoms with E-state index in [9.17, 15) is 9.59 Å². The van der Waals surface area contributed by atoms with Gasteiger partial charge in [-0.1, -0.05) is 12.1 Å². The Morgan fingerprint density at radius 3 is 1.72 bits per heavy atom. The lowest BCUT2D eigenvalue weighted by Crippen LogP contribution is -2.17. The molecule has 2 aromatic heterocycles. The van der Waals surface area contributed by atoms with Crippen molar-refractivity contribution >= 4 is 53.8 Å². The van der Waals surface area contributed by atoms with Crippen LogP contribution in [0.25, 0.3) is 6.08 Å². The highest BCUT2D eigenvalue weighted by Crippen LogP contribution is 2.17. The molecule has 0 aliphatic carbocycles. The Labute approximate surface area is 172 Å². The summed E-state index contributed by atoms with van der Waals surface area (Å²) in [4.78, 5) is 33.4. The van der Waals surface area contributed by atoms with Crippen molar-refractivity contribution in [1.82, 2.24) is 9.97 Å². The minimum absolute atomic E-state index is 0.267. The van der Waals surface area contributed by atoms with Crippen LogP contribution in [0.5, 0.6) is 0 Å². The minimum Gasteiger partial charge on any atom is -0.384 e. The van der Waals surface area contributed by atoms with Crippen LogP contribution in [-0.4, -0.2) is 21.8 Å². The van der Waals surface area contributed by atoms with Gasteiger partial charge in [0, 0.05) is 11.1 Å². The standard InChI is InChI=1S/C20H18N6O2S/c21-15-3-1-5-17(23-15)25-19(27)13-9-12(7-8-29)10-14(11-13)20(28)26-18-6-2-4-16(22)24-18/h1-11,29H,(H3,21,23,25,27)(H3,22,24,26,28)/b8-7+. The lowest BCUT2D eigenvalue weighted by atomic mass is 10.0. The number of nitrogens with two attached hydrogens (primary N) is 2. The van der Waals surface area contributed by atoms with Crippen LogP contribution in [-0.2, 0) is 0 Å². The van der Waals surface area contributed by atoms with Gasteiger partial charge in [0.15, 0.2) is 0 Å². The number of carbonyl (C=O) groups excluding carboxylic acids is 2. The number of carbonyl (C=O) groups is 2. The largest absolute Gasteiger partial charge is 0.384 e. The summed E-state index contributed by atoms with van der Waals surface area (Å²) in [7, 11) is 0. The lowest BCUT2D eigenvalue weighted by molar-refractivity contribution is 0.102. The van der Waals surface area contributed by atoms with Crippen molar-refractivity contribution in [2.24, 2.45) is 0 Å². The molecule has 6 N–H and O–H groups in total. The molecule has 0 bridgehead atoms. The molecule has 8 nitrogen and oxygen atoms in total. The molecular formula is C20H18N6O2S. The molecule has 0 unspecified atom stereocenters. The fourth-order valence-electron chi connectivity index (χ4n) is 2.52. The van der Waals surface area contributed by atoms with E-state index in [2.05, 4.69) is 33.2 Å². The number of nitrogens with zero attached hydrogens (tertiary/aromatic N) is 2. The van der Waals surface area contributed by atoms with Crippen LogP contribution in [0.3, 0.4) is 0 Å². The van der Waals surface area contributed by atoms with Crippen molar-refractivity contribution in [3.63, 3.8) is 0 Å². The van der Waals surface area contributed by atoms with Crippen LogP contribution < -0.4 is 22.1 Å². The van der Waals surface area contributed by atoms with E-state index in [1.165, 1.54) is 11.5 Å². The Morgan fingerprint density at radius 1 is 0.828 bits per heavy atom. The molecule has 0 saturated heterocycles. The summed E-state index contributed by atoms with van der Waals surface area (Å²) in [6.45, 7) is 0. The van der Waals surface area contributed by atoms with E-state index in [-0.39, 0.29) is 22.8 Å². The van der Waals surface area contributed by atoms with Gasteiger partial charge in [-0.15, -0.1) is 0 Å². The van der Waals surface area contributed by atoms with Gasteiger partial charge in [0.05, 0.1) is 0 Å². The van der Waals surface area contributed by atoms with E-state index in [0.29, 0.717) is 17.2 Å². The number of anilines is 4. The zero-order valence-electron chi connectivity index (χ0n) is 15.2. The monoisotopic (exact) mass is 406 g/mol. The summed E-state index contributed by atoms with van der Waals surface area (Å²) in [5.41, 5.74) is 12.4. The molecule has 0 fully saturated rings. The van der Waals surface area contributed by atoms with E-state index in [0.717, 1.165) is 0 Å². The highest BCUT2D eigenvalue weighted by molar-refractivity contribution is 7.83. The molecule has 3 rings (SSSR count). The number of hydrogen-bond acceptors (Lipinski definition) is 7. The van der Waals surface area contributed by atoms with E-state index >= 15 is 0 Å². The van der Waals surface area contributed by atoms with E-state index in [4.69, 9.17) is 11.5 Å². The maximum atomic E-state index is 12.7. The summed E-state index contributed by atoms with van der Waals surface area (Å²) in [5, 5.41) is 6.83. The molecule has 0 spiro atoms. The van der Waals surface area contributed by atoms with E-state index < -0.39 is 11.8 Å². The Morgan fingerprint density at radius 2 is 1.31 bits per heavy atom. The van der Waals surface area contributed by atoms with Gasteiger partial charge in [0.25, 0.3) is 11.8 Å². The van der Waals surface area contributed by atoms with Crippen LogP contribution in [0.15, 0.2) is 60.0 Å². The smallest absolute Gasteiger partial charge is 0.256 e. The number of thiol groups is 1. The van der Waals surface area contributed by atoms with Crippen molar-refractivity contribution in [1.29, 1.82) is 0 Å². The first-order chi connectivity index (χ1) is 13.9. The average Bonchev–Trinajstić information content (AvgIpc) is 2.68. The van der Waals surface area contributed by atoms with Gasteiger partial charge in [0.2, 0.25) is 0 Å². The summed E-state index contributed by atoms with van der Waals surface area (Å²) in [5.74, 6) is 0.302. The Kier molecular flexibility index (Phi) is 6.10. The van der Waals surface area contributed by atoms with Gasteiger partial charge in [-0.05, 0) is 59.5 Å². The second-order valence-corrected chi connectivity index (χ2v) is 6.26. The predicted octanol–water partition coefficient (Wildman–Crippen LogP) is 3.05. The number of nitrogens with one attached hydrogen (secondary N) is 2. The first kappa shape index (κ1) is 19.9. The average molecular weight is 406 g/mol. The van der Waals surface area contributed by atoms with Crippen molar-refractivity contribution < 1.29 is 9.59 Å². The Hall–Kier alpha value is -3.85. The number of hydrogen-bond donors (Lipinski definition) is 5. The molecule has 0 atom stereocenters. The third-order valence-electron chi connectivity index (χ3n) is 3.77. The van der Waals surface area contributed by atoms with Crippen LogP contribution in [0.1, 0.15) is 26.3 Å². The molecule has 2 amide bonds. The van der Waals surface area contributed by atoms with Crippen LogP contribution in [0.2, 0.25) is 0 Å². The van der Waals surface area contributed by atoms with Crippen LogP contribution >= 0.6 is 12.6 Å². The second-order valence-electron chi connectivity index (χ2n) is 5.96. The first-order valence-corrected chi connectivity index (χ1v) is 9.00. The van der Waals surface area contributed by atoms with Crippen molar-refractivity contribution in [2.75, 3.05) is 22.1 Å². The molecule has 1 aromatic carbocycles. The number of benzene rings is 1. The normalized spacial score (nSPS) is 10.7. The van der Waals surface area contributed by atoms with Crippen molar-refractivity contribution in [2.45, 2.75) is 0 Å². The Bertz CT molecular complexity index is 1020. The summed E-state index contributed by atoms with van der Waals surface area (Å²) < 4.78 is 0. The highest BCUT2D eigenvalue weighted by atomic mass is 32.1. The van der Waals surface area contributed by atoms with Crippen molar-refractivity contribution in [3.05, 3.63) is 76.7 Å².